The molecule has 1 aromatic carbocycles. The van der Waals surface area contributed by atoms with Crippen LogP contribution in [0.15, 0.2) is 37.1 Å². The molecule has 84 valence electrons. The van der Waals surface area contributed by atoms with Crippen LogP contribution in [0.1, 0.15) is 19.8 Å². The fraction of sp³-hybridized carbons (Fsp3) is 0.308. The first-order valence-corrected chi connectivity index (χ1v) is 5.60. The Kier molecular flexibility index (Phi) is 3.25. The van der Waals surface area contributed by atoms with Crippen LogP contribution in [0.4, 0.5) is 5.69 Å². The molecule has 0 aliphatic rings. The van der Waals surface area contributed by atoms with Gasteiger partial charge in [-0.2, -0.15) is 5.10 Å². The number of aromatic amines is 1. The molecule has 2 rings (SSSR count). The van der Waals surface area contributed by atoms with Gasteiger partial charge >= 0.3 is 0 Å². The monoisotopic (exact) mass is 215 g/mol. The minimum absolute atomic E-state index is 0.461. The molecule has 0 saturated heterocycles. The maximum Gasteiger partial charge on any atom is 0.0651 e. The minimum atomic E-state index is 0.461. The van der Waals surface area contributed by atoms with Crippen LogP contribution in [0.5, 0.6) is 0 Å². The van der Waals surface area contributed by atoms with Gasteiger partial charge in [0.1, 0.15) is 0 Å². The van der Waals surface area contributed by atoms with E-state index in [0.29, 0.717) is 6.04 Å². The highest BCUT2D eigenvalue weighted by Gasteiger charge is 2.02. The number of hydrogen-bond donors (Lipinski definition) is 2. The van der Waals surface area contributed by atoms with Crippen molar-refractivity contribution in [3.05, 3.63) is 37.1 Å². The summed E-state index contributed by atoms with van der Waals surface area (Å²) < 4.78 is 0. The number of anilines is 1. The summed E-state index contributed by atoms with van der Waals surface area (Å²) in [6, 6.07) is 6.70. The van der Waals surface area contributed by atoms with E-state index in [1.807, 2.05) is 18.3 Å². The lowest BCUT2D eigenvalue weighted by atomic mass is 10.1. The number of allylic oxidation sites excluding steroid dienone is 1. The molecule has 0 radical (unpaired) electrons. The van der Waals surface area contributed by atoms with Crippen molar-refractivity contribution in [3.8, 4) is 0 Å². The van der Waals surface area contributed by atoms with Crippen molar-refractivity contribution in [1.29, 1.82) is 0 Å². The van der Waals surface area contributed by atoms with Crippen molar-refractivity contribution in [1.82, 2.24) is 10.2 Å². The first kappa shape index (κ1) is 10.7. The van der Waals surface area contributed by atoms with E-state index in [2.05, 4.69) is 41.1 Å². The SMILES string of the molecule is C=CCCC(C)Nc1ccc2[nH]ncc2c1. The highest BCUT2D eigenvalue weighted by molar-refractivity contribution is 5.81. The molecule has 0 spiro atoms. The number of benzene rings is 1. The van der Waals surface area contributed by atoms with Crippen LogP contribution in [0.25, 0.3) is 10.9 Å². The van der Waals surface area contributed by atoms with Crippen molar-refractivity contribution in [2.75, 3.05) is 5.32 Å². The highest BCUT2D eigenvalue weighted by Crippen LogP contribution is 2.18. The third-order valence-corrected chi connectivity index (χ3v) is 2.66. The number of H-pyrrole nitrogens is 1. The van der Waals surface area contributed by atoms with Gasteiger partial charge in [0.25, 0.3) is 0 Å². The Labute approximate surface area is 95.6 Å². The number of nitrogens with zero attached hydrogens (tertiary/aromatic N) is 1. The Morgan fingerprint density at radius 1 is 1.56 bits per heavy atom. The second-order valence-corrected chi connectivity index (χ2v) is 4.08. The van der Waals surface area contributed by atoms with E-state index in [9.17, 15) is 0 Å². The fourth-order valence-electron chi connectivity index (χ4n) is 1.76. The van der Waals surface area contributed by atoms with Gasteiger partial charge < -0.3 is 5.32 Å². The van der Waals surface area contributed by atoms with Crippen molar-refractivity contribution < 1.29 is 0 Å². The lowest BCUT2D eigenvalue weighted by molar-refractivity contribution is 0.719. The molecule has 2 N–H and O–H groups in total. The van der Waals surface area contributed by atoms with Gasteiger partial charge in [-0.25, -0.2) is 0 Å². The van der Waals surface area contributed by atoms with Crippen LogP contribution >= 0.6 is 0 Å². The topological polar surface area (TPSA) is 40.7 Å². The number of hydrogen-bond acceptors (Lipinski definition) is 2. The first-order valence-electron chi connectivity index (χ1n) is 5.60. The van der Waals surface area contributed by atoms with E-state index in [-0.39, 0.29) is 0 Å². The van der Waals surface area contributed by atoms with Crippen LogP contribution < -0.4 is 5.32 Å². The third-order valence-electron chi connectivity index (χ3n) is 2.66. The summed E-state index contributed by atoms with van der Waals surface area (Å²) in [6.07, 6.45) is 5.95. The average Bonchev–Trinajstić information content (AvgIpc) is 2.73. The van der Waals surface area contributed by atoms with Gasteiger partial charge in [0.05, 0.1) is 11.7 Å². The zero-order valence-electron chi connectivity index (χ0n) is 9.53. The second-order valence-electron chi connectivity index (χ2n) is 4.08. The van der Waals surface area contributed by atoms with Gasteiger partial charge in [-0.15, -0.1) is 6.58 Å². The van der Waals surface area contributed by atoms with Gasteiger partial charge in [-0.1, -0.05) is 6.08 Å². The zero-order chi connectivity index (χ0) is 11.4. The van der Waals surface area contributed by atoms with E-state index in [0.717, 1.165) is 29.4 Å². The Morgan fingerprint density at radius 3 is 3.25 bits per heavy atom. The summed E-state index contributed by atoms with van der Waals surface area (Å²) >= 11 is 0. The summed E-state index contributed by atoms with van der Waals surface area (Å²) in [6.45, 7) is 5.92. The minimum Gasteiger partial charge on any atom is -0.383 e. The average molecular weight is 215 g/mol. The maximum absolute atomic E-state index is 4.01. The molecule has 0 saturated carbocycles. The van der Waals surface area contributed by atoms with Gasteiger partial charge in [0, 0.05) is 17.1 Å². The highest BCUT2D eigenvalue weighted by atomic mass is 15.1. The molecule has 2 aromatic rings. The van der Waals surface area contributed by atoms with Gasteiger partial charge in [0.2, 0.25) is 0 Å². The Bertz CT molecular complexity index is 473. The van der Waals surface area contributed by atoms with Crippen molar-refractivity contribution in [3.63, 3.8) is 0 Å². The molecule has 3 nitrogen and oxygen atoms in total. The number of nitrogens with one attached hydrogen (secondary N) is 2. The van der Waals surface area contributed by atoms with Crippen LogP contribution in [-0.4, -0.2) is 16.2 Å². The molecule has 1 unspecified atom stereocenters. The number of fused-ring (bicyclic) bond motifs is 1. The van der Waals surface area contributed by atoms with E-state index in [4.69, 9.17) is 0 Å². The molecule has 3 heteroatoms. The molecule has 0 aliphatic heterocycles. The van der Waals surface area contributed by atoms with Crippen LogP contribution in [0, 0.1) is 0 Å². The van der Waals surface area contributed by atoms with Crippen LogP contribution in [-0.2, 0) is 0 Å². The normalized spacial score (nSPS) is 12.6. The maximum atomic E-state index is 4.01. The molecule has 0 fully saturated rings. The standard InChI is InChI=1S/C13H17N3/c1-3-4-5-10(2)15-12-6-7-13-11(8-12)9-14-16-13/h3,6-10,15H,1,4-5H2,2H3,(H,14,16). The smallest absolute Gasteiger partial charge is 0.0651 e. The van der Waals surface area contributed by atoms with Gasteiger partial charge in [-0.3, -0.25) is 5.10 Å². The predicted octanol–water partition coefficient (Wildman–Crippen LogP) is 3.33. The van der Waals surface area contributed by atoms with Gasteiger partial charge in [0.15, 0.2) is 0 Å². The molecule has 1 atom stereocenters. The molecular formula is C13H17N3. The molecular weight excluding hydrogens is 198 g/mol. The Balaban J connectivity index is 2.05. The second kappa shape index (κ2) is 4.84. The third kappa shape index (κ3) is 2.42. The van der Waals surface area contributed by atoms with Crippen molar-refractivity contribution >= 4 is 16.6 Å². The molecule has 1 aromatic heterocycles. The lowest BCUT2D eigenvalue weighted by Gasteiger charge is -2.14. The Morgan fingerprint density at radius 2 is 2.44 bits per heavy atom. The van der Waals surface area contributed by atoms with E-state index >= 15 is 0 Å². The fourth-order valence-corrected chi connectivity index (χ4v) is 1.76. The predicted molar refractivity (Wildman–Crippen MR) is 68.6 cm³/mol. The molecule has 0 amide bonds. The summed E-state index contributed by atoms with van der Waals surface area (Å²) in [4.78, 5) is 0. The lowest BCUT2D eigenvalue weighted by Crippen LogP contribution is -2.14. The largest absolute Gasteiger partial charge is 0.383 e. The van der Waals surface area contributed by atoms with E-state index in [1.165, 1.54) is 0 Å². The van der Waals surface area contributed by atoms with E-state index in [1.54, 1.807) is 0 Å². The van der Waals surface area contributed by atoms with Gasteiger partial charge in [-0.05, 0) is 38.0 Å². The van der Waals surface area contributed by atoms with Crippen LogP contribution in [0.3, 0.4) is 0 Å². The molecule has 0 bridgehead atoms. The molecule has 0 aliphatic carbocycles. The zero-order valence-corrected chi connectivity index (χ0v) is 9.53. The number of rotatable bonds is 5. The number of aromatic nitrogens is 2. The van der Waals surface area contributed by atoms with Crippen LogP contribution in [0.2, 0.25) is 0 Å². The summed E-state index contributed by atoms with van der Waals surface area (Å²) in [7, 11) is 0. The molecule has 16 heavy (non-hydrogen) atoms. The first-order chi connectivity index (χ1) is 7.79. The Hall–Kier alpha value is -1.77. The summed E-state index contributed by atoms with van der Waals surface area (Å²) in [5.74, 6) is 0. The summed E-state index contributed by atoms with van der Waals surface area (Å²) in [5, 5.41) is 11.6. The van der Waals surface area contributed by atoms with Crippen molar-refractivity contribution in [2.24, 2.45) is 0 Å². The van der Waals surface area contributed by atoms with E-state index < -0.39 is 0 Å². The summed E-state index contributed by atoms with van der Waals surface area (Å²) in [5.41, 5.74) is 2.22. The molecule has 1 heterocycles. The van der Waals surface area contributed by atoms with Crippen molar-refractivity contribution in [2.45, 2.75) is 25.8 Å². The quantitative estimate of drug-likeness (QED) is 0.751.